The second-order valence-corrected chi connectivity index (χ2v) is 4.76. The zero-order valence-corrected chi connectivity index (χ0v) is 10.9. The van der Waals surface area contributed by atoms with Crippen molar-refractivity contribution in [3.05, 3.63) is 65.5 Å². The highest BCUT2D eigenvalue weighted by atomic mass is 19.1. The summed E-state index contributed by atoms with van der Waals surface area (Å²) >= 11 is 0. The van der Waals surface area contributed by atoms with Gasteiger partial charge in [-0.15, -0.1) is 0 Å². The third-order valence-electron chi connectivity index (χ3n) is 3.43. The van der Waals surface area contributed by atoms with Crippen molar-refractivity contribution in [3.8, 4) is 11.3 Å². The lowest BCUT2D eigenvalue weighted by Gasteiger charge is -2.08. The van der Waals surface area contributed by atoms with Crippen LogP contribution in [0.2, 0.25) is 0 Å². The zero-order valence-electron chi connectivity index (χ0n) is 10.9. The largest absolute Gasteiger partial charge is 0.248 e. The number of aromatic nitrogens is 1. The summed E-state index contributed by atoms with van der Waals surface area (Å²) in [5, 5.41) is 0.878. The standard InChI is InChI=1S/C17H14FN/c1-11-10-16-14(12(2)17(11)18)8-9-15(19-16)13-6-4-3-5-7-13/h3-10H,1-2H3. The molecule has 0 fully saturated rings. The van der Waals surface area contributed by atoms with E-state index < -0.39 is 0 Å². The van der Waals surface area contributed by atoms with Gasteiger partial charge in [0.1, 0.15) is 5.82 Å². The third-order valence-corrected chi connectivity index (χ3v) is 3.43. The van der Waals surface area contributed by atoms with Gasteiger partial charge in [0, 0.05) is 10.9 Å². The van der Waals surface area contributed by atoms with Gasteiger partial charge in [-0.3, -0.25) is 0 Å². The molecule has 0 bridgehead atoms. The molecular weight excluding hydrogens is 237 g/mol. The summed E-state index contributed by atoms with van der Waals surface area (Å²) in [5.41, 5.74) is 4.14. The molecule has 0 aliphatic heterocycles. The molecule has 0 unspecified atom stereocenters. The van der Waals surface area contributed by atoms with Crippen molar-refractivity contribution in [3.63, 3.8) is 0 Å². The van der Waals surface area contributed by atoms with Crippen LogP contribution in [0.15, 0.2) is 48.5 Å². The Morgan fingerprint density at radius 1 is 0.947 bits per heavy atom. The van der Waals surface area contributed by atoms with Crippen LogP contribution in [0.5, 0.6) is 0 Å². The van der Waals surface area contributed by atoms with Gasteiger partial charge in [0.05, 0.1) is 11.2 Å². The van der Waals surface area contributed by atoms with E-state index in [-0.39, 0.29) is 5.82 Å². The van der Waals surface area contributed by atoms with E-state index in [1.165, 1.54) is 0 Å². The van der Waals surface area contributed by atoms with E-state index >= 15 is 0 Å². The van der Waals surface area contributed by atoms with Gasteiger partial charge >= 0.3 is 0 Å². The second-order valence-electron chi connectivity index (χ2n) is 4.76. The fraction of sp³-hybridized carbons (Fsp3) is 0.118. The molecular formula is C17H14FN. The molecule has 19 heavy (non-hydrogen) atoms. The first-order valence-corrected chi connectivity index (χ1v) is 6.28. The number of hydrogen-bond acceptors (Lipinski definition) is 1. The van der Waals surface area contributed by atoms with Gasteiger partial charge in [0.25, 0.3) is 0 Å². The van der Waals surface area contributed by atoms with Crippen LogP contribution in [0.3, 0.4) is 0 Å². The normalized spacial score (nSPS) is 10.9. The summed E-state index contributed by atoms with van der Waals surface area (Å²) in [6, 6.07) is 15.7. The van der Waals surface area contributed by atoms with Crippen LogP contribution in [0.1, 0.15) is 11.1 Å². The van der Waals surface area contributed by atoms with E-state index in [0.29, 0.717) is 11.1 Å². The minimum Gasteiger partial charge on any atom is -0.248 e. The Bertz CT molecular complexity index is 748. The molecule has 0 aliphatic carbocycles. The van der Waals surface area contributed by atoms with E-state index in [1.807, 2.05) is 48.5 Å². The fourth-order valence-corrected chi connectivity index (χ4v) is 2.35. The predicted molar refractivity (Wildman–Crippen MR) is 76.6 cm³/mol. The first-order valence-electron chi connectivity index (χ1n) is 6.28. The lowest BCUT2D eigenvalue weighted by Crippen LogP contribution is -1.93. The molecule has 2 aromatic carbocycles. The maximum absolute atomic E-state index is 13.9. The number of hydrogen-bond donors (Lipinski definition) is 0. The lowest BCUT2D eigenvalue weighted by atomic mass is 10.0. The predicted octanol–water partition coefficient (Wildman–Crippen LogP) is 4.66. The number of pyridine rings is 1. The van der Waals surface area contributed by atoms with Crippen LogP contribution in [0.25, 0.3) is 22.2 Å². The van der Waals surface area contributed by atoms with Gasteiger partial charge in [-0.05, 0) is 37.1 Å². The molecule has 1 aromatic heterocycles. The van der Waals surface area contributed by atoms with Crippen molar-refractivity contribution in [1.82, 2.24) is 4.98 Å². The average molecular weight is 251 g/mol. The Kier molecular flexibility index (Phi) is 2.79. The quantitative estimate of drug-likeness (QED) is 0.613. The van der Waals surface area contributed by atoms with Crippen molar-refractivity contribution in [1.29, 1.82) is 0 Å². The minimum atomic E-state index is -0.137. The summed E-state index contributed by atoms with van der Waals surface area (Å²) < 4.78 is 13.9. The number of benzene rings is 2. The highest BCUT2D eigenvalue weighted by Gasteiger charge is 2.09. The van der Waals surface area contributed by atoms with Gasteiger partial charge in [-0.1, -0.05) is 36.4 Å². The monoisotopic (exact) mass is 251 g/mol. The van der Waals surface area contributed by atoms with Crippen LogP contribution < -0.4 is 0 Å². The van der Waals surface area contributed by atoms with Crippen molar-refractivity contribution >= 4 is 10.9 Å². The minimum absolute atomic E-state index is 0.137. The first-order chi connectivity index (χ1) is 9.16. The Morgan fingerprint density at radius 2 is 1.68 bits per heavy atom. The smallest absolute Gasteiger partial charge is 0.129 e. The van der Waals surface area contributed by atoms with Crippen molar-refractivity contribution < 1.29 is 4.39 Å². The van der Waals surface area contributed by atoms with Crippen molar-refractivity contribution in [2.24, 2.45) is 0 Å². The maximum Gasteiger partial charge on any atom is 0.129 e. The van der Waals surface area contributed by atoms with E-state index in [1.54, 1.807) is 13.8 Å². The van der Waals surface area contributed by atoms with Gasteiger partial charge in [-0.25, -0.2) is 9.37 Å². The van der Waals surface area contributed by atoms with Gasteiger partial charge < -0.3 is 0 Å². The summed E-state index contributed by atoms with van der Waals surface area (Å²) in [7, 11) is 0. The summed E-state index contributed by atoms with van der Waals surface area (Å²) in [6.45, 7) is 3.58. The van der Waals surface area contributed by atoms with Crippen LogP contribution >= 0.6 is 0 Å². The van der Waals surface area contributed by atoms with Crippen molar-refractivity contribution in [2.75, 3.05) is 0 Å². The molecule has 0 saturated carbocycles. The topological polar surface area (TPSA) is 12.9 Å². The Hall–Kier alpha value is -2.22. The highest BCUT2D eigenvalue weighted by molar-refractivity contribution is 5.85. The summed E-state index contributed by atoms with van der Waals surface area (Å²) in [6.07, 6.45) is 0. The fourth-order valence-electron chi connectivity index (χ4n) is 2.35. The molecule has 94 valence electrons. The molecule has 0 N–H and O–H groups in total. The molecule has 3 rings (SSSR count). The zero-order chi connectivity index (χ0) is 13.4. The third kappa shape index (κ3) is 1.99. The van der Waals surface area contributed by atoms with Gasteiger partial charge in [-0.2, -0.15) is 0 Å². The SMILES string of the molecule is Cc1cc2nc(-c3ccccc3)ccc2c(C)c1F. The lowest BCUT2D eigenvalue weighted by molar-refractivity contribution is 0.611. The van der Waals surface area contributed by atoms with Crippen LogP contribution in [-0.4, -0.2) is 4.98 Å². The van der Waals surface area contributed by atoms with Gasteiger partial charge in [0.2, 0.25) is 0 Å². The number of fused-ring (bicyclic) bond motifs is 1. The Labute approximate surface area is 111 Å². The van der Waals surface area contributed by atoms with E-state index in [4.69, 9.17) is 0 Å². The first kappa shape index (κ1) is 11.8. The summed E-state index contributed by atoms with van der Waals surface area (Å²) in [5.74, 6) is -0.137. The maximum atomic E-state index is 13.9. The number of nitrogens with zero attached hydrogens (tertiary/aromatic N) is 1. The van der Waals surface area contributed by atoms with Crippen LogP contribution in [0.4, 0.5) is 4.39 Å². The summed E-state index contributed by atoms with van der Waals surface area (Å²) in [4.78, 5) is 4.64. The van der Waals surface area contributed by atoms with E-state index in [9.17, 15) is 4.39 Å². The van der Waals surface area contributed by atoms with E-state index in [0.717, 1.165) is 22.2 Å². The molecule has 2 heteroatoms. The molecule has 1 heterocycles. The average Bonchev–Trinajstić information content (AvgIpc) is 2.45. The molecule has 0 aliphatic rings. The molecule has 0 atom stereocenters. The Balaban J connectivity index is 2.25. The molecule has 1 nitrogen and oxygen atoms in total. The molecule has 0 amide bonds. The van der Waals surface area contributed by atoms with Crippen LogP contribution in [0, 0.1) is 19.7 Å². The number of halogens is 1. The second kappa shape index (κ2) is 4.47. The molecule has 0 spiro atoms. The van der Waals surface area contributed by atoms with E-state index in [2.05, 4.69) is 4.98 Å². The number of aryl methyl sites for hydroxylation is 2. The Morgan fingerprint density at radius 3 is 2.42 bits per heavy atom. The molecule has 0 radical (unpaired) electrons. The van der Waals surface area contributed by atoms with Crippen molar-refractivity contribution in [2.45, 2.75) is 13.8 Å². The molecule has 0 saturated heterocycles. The highest BCUT2D eigenvalue weighted by Crippen LogP contribution is 2.26. The van der Waals surface area contributed by atoms with Crippen LogP contribution in [-0.2, 0) is 0 Å². The van der Waals surface area contributed by atoms with Gasteiger partial charge in [0.15, 0.2) is 0 Å². The number of rotatable bonds is 1. The molecule has 3 aromatic rings.